The van der Waals surface area contributed by atoms with Gasteiger partial charge in [-0.2, -0.15) is 0 Å². The zero-order valence-corrected chi connectivity index (χ0v) is 12.4. The lowest BCUT2D eigenvalue weighted by Crippen LogP contribution is -2.40. The van der Waals surface area contributed by atoms with Crippen molar-refractivity contribution in [2.75, 3.05) is 13.1 Å². The van der Waals surface area contributed by atoms with E-state index >= 15 is 0 Å². The number of benzene rings is 1. The number of aliphatic hydroxyl groups excluding tert-OH is 1. The number of hydrogen-bond acceptors (Lipinski definition) is 3. The van der Waals surface area contributed by atoms with Gasteiger partial charge in [0.2, 0.25) is 0 Å². The van der Waals surface area contributed by atoms with Crippen molar-refractivity contribution in [3.63, 3.8) is 0 Å². The van der Waals surface area contributed by atoms with E-state index in [4.69, 9.17) is 0 Å². The number of carbonyl (C=O) groups is 1. The summed E-state index contributed by atoms with van der Waals surface area (Å²) in [5.41, 5.74) is 0.496. The van der Waals surface area contributed by atoms with Crippen molar-refractivity contribution in [2.24, 2.45) is 5.92 Å². The summed E-state index contributed by atoms with van der Waals surface area (Å²) in [6.45, 7) is 3.12. The number of likely N-dealkylation sites (tertiary alicyclic amines) is 1. The topological polar surface area (TPSA) is 60.8 Å². The molecule has 1 atom stereocenters. The first-order chi connectivity index (χ1) is 8.99. The molecule has 0 spiro atoms. The zero-order valence-electron chi connectivity index (χ0n) is 10.8. The van der Waals surface area contributed by atoms with E-state index in [1.807, 2.05) is 0 Å². The SMILES string of the molecule is C[C@@H](O)C1CCN(C(=O)c2ccc(Br)c(O)c2)CC1. The van der Waals surface area contributed by atoms with Gasteiger partial charge in [0.05, 0.1) is 10.6 Å². The van der Waals surface area contributed by atoms with Crippen LogP contribution in [0.1, 0.15) is 30.1 Å². The third-order valence-corrected chi connectivity index (χ3v) is 4.37. The lowest BCUT2D eigenvalue weighted by molar-refractivity contribution is 0.0521. The summed E-state index contributed by atoms with van der Waals surface area (Å²) in [6.07, 6.45) is 1.34. The Morgan fingerprint density at radius 2 is 2.05 bits per heavy atom. The molecule has 0 saturated carbocycles. The van der Waals surface area contributed by atoms with Crippen LogP contribution in [0.3, 0.4) is 0 Å². The Bertz CT molecular complexity index is 468. The van der Waals surface area contributed by atoms with Crippen molar-refractivity contribution >= 4 is 21.8 Å². The van der Waals surface area contributed by atoms with Crippen LogP contribution in [0.4, 0.5) is 0 Å². The summed E-state index contributed by atoms with van der Waals surface area (Å²) >= 11 is 3.20. The third-order valence-electron chi connectivity index (χ3n) is 3.70. The molecule has 0 unspecified atom stereocenters. The average Bonchev–Trinajstić information content (AvgIpc) is 2.41. The van der Waals surface area contributed by atoms with Crippen LogP contribution in [0.25, 0.3) is 0 Å². The molecule has 1 heterocycles. The van der Waals surface area contributed by atoms with Gasteiger partial charge in [-0.3, -0.25) is 4.79 Å². The van der Waals surface area contributed by atoms with Crippen LogP contribution < -0.4 is 0 Å². The van der Waals surface area contributed by atoms with Gasteiger partial charge in [-0.1, -0.05) is 0 Å². The Morgan fingerprint density at radius 1 is 1.42 bits per heavy atom. The van der Waals surface area contributed by atoms with Crippen LogP contribution in [0.15, 0.2) is 22.7 Å². The van der Waals surface area contributed by atoms with Crippen LogP contribution >= 0.6 is 15.9 Å². The van der Waals surface area contributed by atoms with Crippen molar-refractivity contribution in [1.82, 2.24) is 4.90 Å². The highest BCUT2D eigenvalue weighted by atomic mass is 79.9. The molecule has 2 N–H and O–H groups in total. The number of amides is 1. The quantitative estimate of drug-likeness (QED) is 0.876. The van der Waals surface area contributed by atoms with Gasteiger partial charge in [0, 0.05) is 18.7 Å². The third kappa shape index (κ3) is 3.28. The summed E-state index contributed by atoms with van der Waals surface area (Å²) < 4.78 is 0.580. The van der Waals surface area contributed by atoms with Gasteiger partial charge >= 0.3 is 0 Å². The first-order valence-corrected chi connectivity index (χ1v) is 7.24. The largest absolute Gasteiger partial charge is 0.507 e. The van der Waals surface area contributed by atoms with Crippen LogP contribution in [-0.2, 0) is 0 Å². The van der Waals surface area contributed by atoms with E-state index in [9.17, 15) is 15.0 Å². The fourth-order valence-corrected chi connectivity index (χ4v) is 2.66. The molecule has 5 heteroatoms. The number of halogens is 1. The Morgan fingerprint density at radius 3 is 2.58 bits per heavy atom. The summed E-state index contributed by atoms with van der Waals surface area (Å²) in [7, 11) is 0. The highest BCUT2D eigenvalue weighted by Gasteiger charge is 2.26. The average molecular weight is 328 g/mol. The van der Waals surface area contributed by atoms with E-state index in [0.29, 0.717) is 23.1 Å². The minimum absolute atomic E-state index is 0.0631. The van der Waals surface area contributed by atoms with Crippen LogP contribution in [-0.4, -0.2) is 40.2 Å². The summed E-state index contributed by atoms with van der Waals surface area (Å²) in [4.78, 5) is 14.1. The number of aliphatic hydroxyl groups is 1. The van der Waals surface area contributed by atoms with Crippen LogP contribution in [0.5, 0.6) is 5.75 Å². The highest BCUT2D eigenvalue weighted by molar-refractivity contribution is 9.10. The Kier molecular flexibility index (Phi) is 4.47. The lowest BCUT2D eigenvalue weighted by Gasteiger charge is -2.33. The predicted molar refractivity (Wildman–Crippen MR) is 76.1 cm³/mol. The summed E-state index contributed by atoms with van der Waals surface area (Å²) in [5.74, 6) is 0.291. The fourth-order valence-electron chi connectivity index (χ4n) is 2.41. The molecule has 104 valence electrons. The number of phenolic OH excluding ortho intramolecular Hbond substituents is 1. The first kappa shape index (κ1) is 14.3. The number of phenols is 1. The normalized spacial score (nSPS) is 18.4. The van der Waals surface area contributed by atoms with E-state index in [2.05, 4.69) is 15.9 Å². The number of rotatable bonds is 2. The van der Waals surface area contributed by atoms with Crippen molar-refractivity contribution in [1.29, 1.82) is 0 Å². The number of piperidine rings is 1. The maximum atomic E-state index is 12.3. The summed E-state index contributed by atoms with van der Waals surface area (Å²) in [5, 5.41) is 19.2. The van der Waals surface area contributed by atoms with Crippen LogP contribution in [0.2, 0.25) is 0 Å². The molecule has 1 aliphatic rings. The molecule has 0 aromatic heterocycles. The monoisotopic (exact) mass is 327 g/mol. The maximum absolute atomic E-state index is 12.3. The molecular weight excluding hydrogens is 310 g/mol. The van der Waals surface area contributed by atoms with Gasteiger partial charge in [0.1, 0.15) is 5.75 Å². The second-order valence-corrected chi connectivity index (χ2v) is 5.89. The minimum atomic E-state index is -0.311. The second kappa shape index (κ2) is 5.92. The molecule has 1 aliphatic heterocycles. The van der Waals surface area contributed by atoms with E-state index < -0.39 is 0 Å². The highest BCUT2D eigenvalue weighted by Crippen LogP contribution is 2.26. The molecule has 0 bridgehead atoms. The standard InChI is InChI=1S/C14H18BrNO3/c1-9(17)10-4-6-16(7-5-10)14(19)11-2-3-12(15)13(18)8-11/h2-3,8-10,17-18H,4-7H2,1H3/t9-/m1/s1. The minimum Gasteiger partial charge on any atom is -0.507 e. The van der Waals surface area contributed by atoms with Gasteiger partial charge in [-0.05, 0) is 59.8 Å². The molecule has 19 heavy (non-hydrogen) atoms. The van der Waals surface area contributed by atoms with Gasteiger partial charge in [0.15, 0.2) is 0 Å². The summed E-state index contributed by atoms with van der Waals surface area (Å²) in [6, 6.07) is 4.85. The Hall–Kier alpha value is -1.07. The number of aromatic hydroxyl groups is 1. The first-order valence-electron chi connectivity index (χ1n) is 6.45. The van der Waals surface area contributed by atoms with Crippen LogP contribution in [0, 0.1) is 5.92 Å². The molecule has 4 nitrogen and oxygen atoms in total. The molecule has 1 aromatic rings. The van der Waals surface area contributed by atoms with Crippen molar-refractivity contribution in [3.05, 3.63) is 28.2 Å². The molecular formula is C14H18BrNO3. The predicted octanol–water partition coefficient (Wildman–Crippen LogP) is 2.39. The maximum Gasteiger partial charge on any atom is 0.253 e. The van der Waals surface area contributed by atoms with Gasteiger partial charge in [0.25, 0.3) is 5.91 Å². The Balaban J connectivity index is 2.03. The van der Waals surface area contributed by atoms with E-state index in [-0.39, 0.29) is 23.7 Å². The fraction of sp³-hybridized carbons (Fsp3) is 0.500. The van der Waals surface area contributed by atoms with Gasteiger partial charge in [-0.15, -0.1) is 0 Å². The second-order valence-electron chi connectivity index (χ2n) is 5.04. The van der Waals surface area contributed by atoms with E-state index in [1.165, 1.54) is 6.07 Å². The molecule has 1 aromatic carbocycles. The van der Waals surface area contributed by atoms with Gasteiger partial charge in [-0.25, -0.2) is 0 Å². The smallest absolute Gasteiger partial charge is 0.253 e. The zero-order chi connectivity index (χ0) is 14.0. The number of nitrogens with zero attached hydrogens (tertiary/aromatic N) is 1. The Labute approximate surface area is 121 Å². The van der Waals surface area contributed by atoms with Crippen molar-refractivity contribution in [2.45, 2.75) is 25.9 Å². The van der Waals surface area contributed by atoms with Crippen molar-refractivity contribution < 1.29 is 15.0 Å². The molecule has 1 fully saturated rings. The van der Waals surface area contributed by atoms with Crippen molar-refractivity contribution in [3.8, 4) is 5.75 Å². The lowest BCUT2D eigenvalue weighted by atomic mass is 9.92. The van der Waals surface area contributed by atoms with Gasteiger partial charge < -0.3 is 15.1 Å². The molecule has 2 rings (SSSR count). The number of carbonyl (C=O) groups excluding carboxylic acids is 1. The molecule has 1 amide bonds. The van der Waals surface area contributed by atoms with E-state index in [0.717, 1.165) is 12.8 Å². The molecule has 0 aliphatic carbocycles. The molecule has 0 radical (unpaired) electrons. The van der Waals surface area contributed by atoms with E-state index in [1.54, 1.807) is 24.0 Å². The molecule has 1 saturated heterocycles. The number of hydrogen-bond donors (Lipinski definition) is 2.